The van der Waals surface area contributed by atoms with Crippen LogP contribution in [0.3, 0.4) is 0 Å². The summed E-state index contributed by atoms with van der Waals surface area (Å²) in [6.45, 7) is 12.1. The second-order valence-corrected chi connectivity index (χ2v) is 6.29. The molecule has 98 valence electrons. The molecule has 0 aliphatic carbocycles. The van der Waals surface area contributed by atoms with Gasteiger partial charge in [-0.2, -0.15) is 0 Å². The van der Waals surface area contributed by atoms with E-state index >= 15 is 0 Å². The van der Waals surface area contributed by atoms with Gasteiger partial charge in [-0.25, -0.2) is 4.98 Å². The van der Waals surface area contributed by atoms with Crippen molar-refractivity contribution in [2.24, 2.45) is 5.92 Å². The van der Waals surface area contributed by atoms with Crippen molar-refractivity contribution in [2.75, 3.05) is 0 Å². The summed E-state index contributed by atoms with van der Waals surface area (Å²) in [5.41, 5.74) is 1.29. The van der Waals surface area contributed by atoms with Gasteiger partial charge < -0.3 is 5.32 Å². The van der Waals surface area contributed by atoms with Crippen molar-refractivity contribution in [2.45, 2.75) is 66.5 Å². The predicted molar refractivity (Wildman–Crippen MR) is 76.6 cm³/mol. The Morgan fingerprint density at radius 3 is 2.47 bits per heavy atom. The second kappa shape index (κ2) is 7.12. The van der Waals surface area contributed by atoms with Gasteiger partial charge >= 0.3 is 0 Å². The molecule has 1 heterocycles. The smallest absolute Gasteiger partial charge is 0.0934 e. The van der Waals surface area contributed by atoms with E-state index in [1.807, 2.05) is 11.3 Å². The number of hydrogen-bond donors (Lipinski definition) is 1. The van der Waals surface area contributed by atoms with E-state index in [0.29, 0.717) is 12.0 Å². The maximum atomic E-state index is 4.75. The average molecular weight is 254 g/mol. The van der Waals surface area contributed by atoms with Crippen LogP contribution in [0.2, 0.25) is 0 Å². The van der Waals surface area contributed by atoms with Crippen LogP contribution in [0.1, 0.15) is 56.6 Å². The minimum Gasteiger partial charge on any atom is -0.309 e. The fourth-order valence-electron chi connectivity index (χ4n) is 1.70. The van der Waals surface area contributed by atoms with E-state index < -0.39 is 0 Å². The van der Waals surface area contributed by atoms with E-state index in [1.165, 1.54) is 22.0 Å². The topological polar surface area (TPSA) is 24.9 Å². The minimum absolute atomic E-state index is 0.593. The van der Waals surface area contributed by atoms with Crippen LogP contribution in [0.15, 0.2) is 0 Å². The standard InChI is InChI=1S/C14H26N2S/c1-6-11(5)15-9-13-12(7-2)16-14(17-13)8-10(3)4/h10-11,15H,6-9H2,1-5H3. The van der Waals surface area contributed by atoms with Gasteiger partial charge in [0.05, 0.1) is 10.7 Å². The summed E-state index contributed by atoms with van der Waals surface area (Å²) in [6, 6.07) is 0.593. The van der Waals surface area contributed by atoms with Gasteiger partial charge in [-0.3, -0.25) is 0 Å². The molecule has 3 heteroatoms. The summed E-state index contributed by atoms with van der Waals surface area (Å²) >= 11 is 1.89. The fourth-order valence-corrected chi connectivity index (χ4v) is 3.02. The Morgan fingerprint density at radius 1 is 1.24 bits per heavy atom. The quantitative estimate of drug-likeness (QED) is 0.800. The molecule has 0 bridgehead atoms. The third-order valence-corrected chi connectivity index (χ3v) is 4.08. The summed E-state index contributed by atoms with van der Waals surface area (Å²) in [6.07, 6.45) is 3.34. The average Bonchev–Trinajstić information content (AvgIpc) is 2.67. The second-order valence-electron chi connectivity index (χ2n) is 5.12. The first kappa shape index (κ1) is 14.7. The number of nitrogens with zero attached hydrogens (tertiary/aromatic N) is 1. The first-order valence-electron chi connectivity index (χ1n) is 6.77. The highest BCUT2D eigenvalue weighted by atomic mass is 32.1. The van der Waals surface area contributed by atoms with Crippen molar-refractivity contribution in [1.29, 1.82) is 0 Å². The number of hydrogen-bond acceptors (Lipinski definition) is 3. The van der Waals surface area contributed by atoms with Crippen molar-refractivity contribution in [1.82, 2.24) is 10.3 Å². The van der Waals surface area contributed by atoms with Crippen LogP contribution in [0, 0.1) is 5.92 Å². The third-order valence-electron chi connectivity index (χ3n) is 2.96. The molecule has 0 spiro atoms. The molecule has 1 aromatic rings. The Bertz CT molecular complexity index is 331. The van der Waals surface area contributed by atoms with E-state index in [2.05, 4.69) is 39.9 Å². The number of rotatable bonds is 7. The van der Waals surface area contributed by atoms with E-state index in [4.69, 9.17) is 4.98 Å². The van der Waals surface area contributed by atoms with Gasteiger partial charge in [-0.15, -0.1) is 11.3 Å². The molecule has 0 radical (unpaired) electrons. The Kier molecular flexibility index (Phi) is 6.14. The van der Waals surface area contributed by atoms with Crippen LogP contribution in [0.5, 0.6) is 0 Å². The molecule has 1 unspecified atom stereocenters. The number of thiazole rings is 1. The predicted octanol–water partition coefficient (Wildman–Crippen LogP) is 3.79. The highest BCUT2D eigenvalue weighted by Gasteiger charge is 2.11. The summed E-state index contributed by atoms with van der Waals surface area (Å²) < 4.78 is 0. The summed E-state index contributed by atoms with van der Waals surface area (Å²) in [5, 5.41) is 4.86. The largest absolute Gasteiger partial charge is 0.309 e. The zero-order valence-corrected chi connectivity index (χ0v) is 12.7. The summed E-state index contributed by atoms with van der Waals surface area (Å²) in [4.78, 5) is 6.18. The molecule has 0 saturated heterocycles. The molecule has 0 aliphatic rings. The molecule has 1 N–H and O–H groups in total. The van der Waals surface area contributed by atoms with Crippen molar-refractivity contribution in [3.05, 3.63) is 15.6 Å². The number of aromatic nitrogens is 1. The van der Waals surface area contributed by atoms with Gasteiger partial charge in [0.15, 0.2) is 0 Å². The lowest BCUT2D eigenvalue weighted by Crippen LogP contribution is -2.24. The SMILES string of the molecule is CCc1nc(CC(C)C)sc1CNC(C)CC. The molecule has 1 atom stereocenters. The normalized spacial score (nSPS) is 13.3. The van der Waals surface area contributed by atoms with Gasteiger partial charge in [-0.1, -0.05) is 27.7 Å². The molecular weight excluding hydrogens is 228 g/mol. The van der Waals surface area contributed by atoms with E-state index in [-0.39, 0.29) is 0 Å². The van der Waals surface area contributed by atoms with Crippen molar-refractivity contribution < 1.29 is 0 Å². The molecular formula is C14H26N2S. The third kappa shape index (κ3) is 4.76. The van der Waals surface area contributed by atoms with Crippen LogP contribution in [-0.4, -0.2) is 11.0 Å². The van der Waals surface area contributed by atoms with E-state index in [1.54, 1.807) is 0 Å². The maximum Gasteiger partial charge on any atom is 0.0934 e. The van der Waals surface area contributed by atoms with E-state index in [0.717, 1.165) is 19.4 Å². The number of aryl methyl sites for hydroxylation is 1. The van der Waals surface area contributed by atoms with Gasteiger partial charge in [0.1, 0.15) is 0 Å². The van der Waals surface area contributed by atoms with Crippen molar-refractivity contribution in [3.8, 4) is 0 Å². The van der Waals surface area contributed by atoms with Crippen LogP contribution < -0.4 is 5.32 Å². The van der Waals surface area contributed by atoms with Crippen molar-refractivity contribution >= 4 is 11.3 Å². The summed E-state index contributed by atoms with van der Waals surface area (Å²) in [5.74, 6) is 0.696. The monoisotopic (exact) mass is 254 g/mol. The Balaban J connectivity index is 2.66. The van der Waals surface area contributed by atoms with Crippen molar-refractivity contribution in [3.63, 3.8) is 0 Å². The fraction of sp³-hybridized carbons (Fsp3) is 0.786. The van der Waals surface area contributed by atoms with Gasteiger partial charge in [0, 0.05) is 23.9 Å². The summed E-state index contributed by atoms with van der Waals surface area (Å²) in [7, 11) is 0. The zero-order chi connectivity index (χ0) is 12.8. The lowest BCUT2D eigenvalue weighted by molar-refractivity contribution is 0.535. The van der Waals surface area contributed by atoms with Gasteiger partial charge in [-0.05, 0) is 25.7 Å². The Labute approximate surface area is 110 Å². The molecule has 0 aromatic carbocycles. The zero-order valence-electron chi connectivity index (χ0n) is 11.8. The number of nitrogens with one attached hydrogen (secondary N) is 1. The lowest BCUT2D eigenvalue weighted by Gasteiger charge is -2.10. The minimum atomic E-state index is 0.593. The molecule has 0 saturated carbocycles. The highest BCUT2D eigenvalue weighted by molar-refractivity contribution is 7.11. The Morgan fingerprint density at radius 2 is 1.94 bits per heavy atom. The van der Waals surface area contributed by atoms with Crippen LogP contribution >= 0.6 is 11.3 Å². The maximum absolute atomic E-state index is 4.75. The molecule has 1 aromatic heterocycles. The molecule has 0 amide bonds. The van der Waals surface area contributed by atoms with E-state index in [9.17, 15) is 0 Å². The van der Waals surface area contributed by atoms with Crippen LogP contribution in [0.25, 0.3) is 0 Å². The molecule has 0 aliphatic heterocycles. The molecule has 2 nitrogen and oxygen atoms in total. The lowest BCUT2D eigenvalue weighted by atomic mass is 10.1. The molecule has 0 fully saturated rings. The van der Waals surface area contributed by atoms with Gasteiger partial charge in [0.2, 0.25) is 0 Å². The first-order chi connectivity index (χ1) is 8.06. The Hall–Kier alpha value is -0.410. The van der Waals surface area contributed by atoms with Crippen LogP contribution in [-0.2, 0) is 19.4 Å². The van der Waals surface area contributed by atoms with Crippen LogP contribution in [0.4, 0.5) is 0 Å². The molecule has 1 rings (SSSR count). The van der Waals surface area contributed by atoms with Gasteiger partial charge in [0.25, 0.3) is 0 Å². The molecule has 17 heavy (non-hydrogen) atoms. The highest BCUT2D eigenvalue weighted by Crippen LogP contribution is 2.21. The first-order valence-corrected chi connectivity index (χ1v) is 7.59.